The van der Waals surface area contributed by atoms with Gasteiger partial charge in [0.1, 0.15) is 0 Å². The normalized spacial score (nSPS) is 12.7. The van der Waals surface area contributed by atoms with E-state index in [1.54, 1.807) is 0 Å². The van der Waals surface area contributed by atoms with Crippen LogP contribution in [0.3, 0.4) is 0 Å². The number of aryl methyl sites for hydroxylation is 2. The van der Waals surface area contributed by atoms with E-state index < -0.39 is 0 Å². The van der Waals surface area contributed by atoms with Crippen LogP contribution in [0, 0.1) is 13.8 Å². The number of hydrogen-bond donors (Lipinski definition) is 1. The first-order valence-electron chi connectivity index (χ1n) is 7.34. The van der Waals surface area contributed by atoms with Gasteiger partial charge in [0.2, 0.25) is 0 Å². The van der Waals surface area contributed by atoms with E-state index >= 15 is 0 Å². The summed E-state index contributed by atoms with van der Waals surface area (Å²) in [5, 5.41) is 7.05. The molecule has 21 heavy (non-hydrogen) atoms. The van der Waals surface area contributed by atoms with Crippen molar-refractivity contribution in [3.8, 4) is 0 Å². The van der Waals surface area contributed by atoms with Crippen molar-refractivity contribution in [1.82, 2.24) is 10.3 Å². The lowest BCUT2D eigenvalue weighted by molar-refractivity contribution is 0.633. The average Bonchev–Trinajstić information content (AvgIpc) is 2.90. The van der Waals surface area contributed by atoms with Crippen LogP contribution < -0.4 is 5.32 Å². The minimum atomic E-state index is 0.229. The average molecular weight is 296 g/mol. The molecule has 1 atom stereocenters. The molecule has 0 aliphatic heterocycles. The highest BCUT2D eigenvalue weighted by atomic mass is 32.1. The van der Waals surface area contributed by atoms with E-state index in [1.165, 1.54) is 21.4 Å². The maximum absolute atomic E-state index is 4.66. The Morgan fingerprint density at radius 1 is 1.14 bits per heavy atom. The highest BCUT2D eigenvalue weighted by Crippen LogP contribution is 2.32. The fourth-order valence-electron chi connectivity index (χ4n) is 2.86. The van der Waals surface area contributed by atoms with Gasteiger partial charge in [-0.05, 0) is 55.1 Å². The molecule has 0 aliphatic rings. The Balaban J connectivity index is 2.22. The Morgan fingerprint density at radius 3 is 2.67 bits per heavy atom. The number of fused-ring (bicyclic) bond motifs is 1. The van der Waals surface area contributed by atoms with Gasteiger partial charge in [0.15, 0.2) is 0 Å². The molecule has 1 aromatic carbocycles. The van der Waals surface area contributed by atoms with E-state index in [2.05, 4.69) is 72.9 Å². The summed E-state index contributed by atoms with van der Waals surface area (Å²) in [4.78, 5) is 6.03. The molecule has 0 bridgehead atoms. The summed E-state index contributed by atoms with van der Waals surface area (Å²) < 4.78 is 0. The molecule has 0 fully saturated rings. The summed E-state index contributed by atoms with van der Waals surface area (Å²) in [5.41, 5.74) is 4.84. The third-order valence-corrected chi connectivity index (χ3v) is 4.67. The number of benzene rings is 1. The summed E-state index contributed by atoms with van der Waals surface area (Å²) in [5.74, 6) is 0. The minimum absolute atomic E-state index is 0.229. The van der Waals surface area contributed by atoms with Crippen LogP contribution in [-0.4, -0.2) is 11.5 Å². The zero-order valence-corrected chi connectivity index (χ0v) is 13.5. The van der Waals surface area contributed by atoms with Gasteiger partial charge in [-0.15, -0.1) is 11.3 Å². The van der Waals surface area contributed by atoms with Crippen molar-refractivity contribution in [3.63, 3.8) is 0 Å². The van der Waals surface area contributed by atoms with E-state index in [4.69, 9.17) is 0 Å². The molecule has 0 amide bonds. The topological polar surface area (TPSA) is 24.9 Å². The second-order valence-corrected chi connectivity index (χ2v) is 6.41. The molecule has 2 aromatic heterocycles. The van der Waals surface area contributed by atoms with E-state index in [1.807, 2.05) is 11.3 Å². The summed E-state index contributed by atoms with van der Waals surface area (Å²) in [6.45, 7) is 7.36. The third kappa shape index (κ3) is 2.71. The van der Waals surface area contributed by atoms with Crippen molar-refractivity contribution in [2.24, 2.45) is 0 Å². The molecular weight excluding hydrogens is 276 g/mol. The summed E-state index contributed by atoms with van der Waals surface area (Å²) in [7, 11) is 0. The van der Waals surface area contributed by atoms with Crippen LogP contribution in [-0.2, 0) is 0 Å². The molecule has 3 heteroatoms. The van der Waals surface area contributed by atoms with Crippen LogP contribution in [0.1, 0.15) is 34.7 Å². The second kappa shape index (κ2) is 5.96. The summed E-state index contributed by atoms with van der Waals surface area (Å²) >= 11 is 1.81. The zero-order valence-electron chi connectivity index (χ0n) is 12.7. The Labute approximate surface area is 129 Å². The third-order valence-electron chi connectivity index (χ3n) is 3.81. The molecule has 1 unspecified atom stereocenters. The first kappa shape index (κ1) is 14.2. The van der Waals surface area contributed by atoms with Crippen molar-refractivity contribution in [1.29, 1.82) is 0 Å². The number of rotatable bonds is 4. The van der Waals surface area contributed by atoms with Crippen LogP contribution in [0.15, 0.2) is 41.8 Å². The van der Waals surface area contributed by atoms with E-state index in [0.29, 0.717) is 0 Å². The molecule has 0 saturated carbocycles. The number of hydrogen-bond acceptors (Lipinski definition) is 3. The van der Waals surface area contributed by atoms with Crippen LogP contribution >= 0.6 is 11.3 Å². The van der Waals surface area contributed by atoms with Crippen molar-refractivity contribution in [2.75, 3.05) is 6.54 Å². The number of pyridine rings is 1. The SMILES string of the molecule is CCNC(c1ccsc1C)c1cc(C)nc2ccccc12. The van der Waals surface area contributed by atoms with Gasteiger partial charge in [-0.25, -0.2) is 0 Å². The Hall–Kier alpha value is -1.71. The molecule has 0 saturated heterocycles. The fourth-order valence-corrected chi connectivity index (χ4v) is 3.61. The fraction of sp³-hybridized carbons (Fsp3) is 0.278. The number of nitrogens with one attached hydrogen (secondary N) is 1. The van der Waals surface area contributed by atoms with Gasteiger partial charge in [-0.2, -0.15) is 0 Å². The van der Waals surface area contributed by atoms with E-state index in [0.717, 1.165) is 17.8 Å². The second-order valence-electron chi connectivity index (χ2n) is 5.29. The van der Waals surface area contributed by atoms with E-state index in [-0.39, 0.29) is 6.04 Å². The Bertz CT molecular complexity index is 761. The van der Waals surface area contributed by atoms with Gasteiger partial charge in [-0.3, -0.25) is 4.98 Å². The molecule has 108 valence electrons. The van der Waals surface area contributed by atoms with E-state index in [9.17, 15) is 0 Å². The Morgan fingerprint density at radius 2 is 1.95 bits per heavy atom. The molecule has 0 aliphatic carbocycles. The molecular formula is C18H20N2S. The van der Waals surface area contributed by atoms with Crippen LogP contribution in [0.25, 0.3) is 10.9 Å². The van der Waals surface area contributed by atoms with Crippen molar-refractivity contribution >= 4 is 22.2 Å². The molecule has 0 spiro atoms. The van der Waals surface area contributed by atoms with Gasteiger partial charge in [-0.1, -0.05) is 25.1 Å². The molecule has 3 rings (SSSR count). The van der Waals surface area contributed by atoms with Gasteiger partial charge in [0.25, 0.3) is 0 Å². The largest absolute Gasteiger partial charge is 0.306 e. The number of nitrogens with zero attached hydrogens (tertiary/aromatic N) is 1. The summed E-state index contributed by atoms with van der Waals surface area (Å²) in [6, 6.07) is 13.1. The quantitative estimate of drug-likeness (QED) is 0.760. The van der Waals surface area contributed by atoms with Gasteiger partial charge >= 0.3 is 0 Å². The predicted octanol–water partition coefficient (Wildman–Crippen LogP) is 4.61. The molecule has 1 N–H and O–H groups in total. The molecule has 2 heterocycles. The molecule has 3 aromatic rings. The predicted molar refractivity (Wildman–Crippen MR) is 91.1 cm³/mol. The number of para-hydroxylation sites is 1. The van der Waals surface area contributed by atoms with Crippen LogP contribution in [0.4, 0.5) is 0 Å². The highest BCUT2D eigenvalue weighted by Gasteiger charge is 2.19. The van der Waals surface area contributed by atoms with Crippen molar-refractivity contribution in [3.05, 3.63) is 63.5 Å². The Kier molecular flexibility index (Phi) is 4.04. The van der Waals surface area contributed by atoms with Crippen molar-refractivity contribution in [2.45, 2.75) is 26.8 Å². The lowest BCUT2D eigenvalue weighted by atomic mass is 9.95. The molecule has 2 nitrogen and oxygen atoms in total. The first-order chi connectivity index (χ1) is 10.2. The number of thiophene rings is 1. The van der Waals surface area contributed by atoms with Crippen LogP contribution in [0.2, 0.25) is 0 Å². The summed E-state index contributed by atoms with van der Waals surface area (Å²) in [6.07, 6.45) is 0. The molecule has 0 radical (unpaired) electrons. The standard InChI is InChI=1S/C18H20N2S/c1-4-19-18(14-9-10-21-13(14)3)16-11-12(2)20-17-8-6-5-7-15(16)17/h5-11,18-19H,4H2,1-3H3. The maximum atomic E-state index is 4.66. The van der Waals surface area contributed by atoms with Gasteiger partial charge in [0.05, 0.1) is 11.6 Å². The maximum Gasteiger partial charge on any atom is 0.0708 e. The van der Waals surface area contributed by atoms with Gasteiger partial charge < -0.3 is 5.32 Å². The minimum Gasteiger partial charge on any atom is -0.306 e. The first-order valence-corrected chi connectivity index (χ1v) is 8.22. The lowest BCUT2D eigenvalue weighted by Crippen LogP contribution is -2.22. The zero-order chi connectivity index (χ0) is 14.8. The van der Waals surface area contributed by atoms with Crippen molar-refractivity contribution < 1.29 is 0 Å². The monoisotopic (exact) mass is 296 g/mol. The smallest absolute Gasteiger partial charge is 0.0708 e. The lowest BCUT2D eigenvalue weighted by Gasteiger charge is -2.21. The highest BCUT2D eigenvalue weighted by molar-refractivity contribution is 7.10. The van der Waals surface area contributed by atoms with Crippen LogP contribution in [0.5, 0.6) is 0 Å². The van der Waals surface area contributed by atoms with Gasteiger partial charge in [0, 0.05) is 16.0 Å². The number of aromatic nitrogens is 1.